The third kappa shape index (κ3) is 10.3. The van der Waals surface area contributed by atoms with Crippen molar-refractivity contribution in [3.05, 3.63) is 180 Å². The van der Waals surface area contributed by atoms with E-state index in [0.29, 0.717) is 0 Å². The largest absolute Gasteiger partial charge is 0.459 e. The molecule has 6 aromatic rings. The number of hydrogen-bond acceptors (Lipinski definition) is 9. The van der Waals surface area contributed by atoms with Crippen LogP contribution in [0, 0.1) is 0 Å². The molecular formula is C46H38O9S. The minimum Gasteiger partial charge on any atom is -0.459 e. The first-order chi connectivity index (χ1) is 27.1. The molecule has 6 aromatic carbocycles. The normalized spacial score (nSPS) is 13.6. The van der Waals surface area contributed by atoms with E-state index >= 15 is 0 Å². The highest BCUT2D eigenvalue weighted by molar-refractivity contribution is 7.95. The summed E-state index contributed by atoms with van der Waals surface area (Å²) in [5.41, 5.74) is 5.77. The number of ether oxygens (including phenoxy) is 3. The predicted octanol–water partition coefficient (Wildman–Crippen LogP) is 8.14. The van der Waals surface area contributed by atoms with Crippen LogP contribution in [0.15, 0.2) is 164 Å². The molecule has 0 heterocycles. The Morgan fingerprint density at radius 1 is 0.536 bits per heavy atom. The maximum absolute atomic E-state index is 13.7. The summed E-state index contributed by atoms with van der Waals surface area (Å²) in [7, 11) is -3.35. The lowest BCUT2D eigenvalue weighted by molar-refractivity contribution is -0.128. The van der Waals surface area contributed by atoms with Crippen molar-refractivity contribution in [2.45, 2.75) is 18.3 Å². The van der Waals surface area contributed by atoms with Gasteiger partial charge in [0.05, 0.1) is 26.5 Å². The van der Waals surface area contributed by atoms with Crippen molar-refractivity contribution < 1.29 is 41.8 Å². The van der Waals surface area contributed by atoms with E-state index in [2.05, 4.69) is 5.87 Å². The summed E-state index contributed by atoms with van der Waals surface area (Å²) in [6.07, 6.45) is -3.65. The van der Waals surface area contributed by atoms with Gasteiger partial charge in [0, 0.05) is 6.26 Å². The summed E-state index contributed by atoms with van der Waals surface area (Å²) < 4.78 is 35.8. The molecule has 0 amide bonds. The topological polar surface area (TPSA) is 122 Å². The van der Waals surface area contributed by atoms with Gasteiger partial charge in [-0.25, -0.2) is 18.6 Å². The average Bonchev–Trinajstić information content (AvgIpc) is 3.24. The molecule has 0 radical (unpaired) electrons. The highest BCUT2D eigenvalue weighted by atomic mass is 32.2. The fraction of sp³-hybridized carbons (Fsp3) is 0.109. The van der Waals surface area contributed by atoms with Gasteiger partial charge in [0.15, 0.2) is 18.5 Å². The lowest BCUT2D eigenvalue weighted by Crippen LogP contribution is -2.48. The van der Waals surface area contributed by atoms with Crippen molar-refractivity contribution in [1.82, 2.24) is 0 Å². The Morgan fingerprint density at radius 3 is 1.23 bits per heavy atom. The van der Waals surface area contributed by atoms with Crippen LogP contribution in [0.5, 0.6) is 0 Å². The summed E-state index contributed by atoms with van der Waals surface area (Å²) in [4.78, 5) is 53.2. The highest BCUT2D eigenvalue weighted by Crippen LogP contribution is 2.24. The fourth-order valence-corrected chi connectivity index (χ4v) is 6.57. The van der Waals surface area contributed by atoms with Crippen LogP contribution in [-0.4, -0.2) is 65.4 Å². The lowest BCUT2D eigenvalue weighted by atomic mass is 10.0. The summed E-state index contributed by atoms with van der Waals surface area (Å²) in [6.45, 7) is -0.655. The van der Waals surface area contributed by atoms with Gasteiger partial charge in [-0.3, -0.25) is 8.98 Å². The van der Waals surface area contributed by atoms with Crippen molar-refractivity contribution in [1.29, 1.82) is 0 Å². The summed E-state index contributed by atoms with van der Waals surface area (Å²) in [5.74, 6) is 0.958. The van der Waals surface area contributed by atoms with E-state index in [1.807, 2.05) is 91.0 Å². The van der Waals surface area contributed by atoms with Gasteiger partial charge in [-0.05, 0) is 75.6 Å². The predicted molar refractivity (Wildman–Crippen MR) is 216 cm³/mol. The number of carbonyl (C=O) groups excluding carboxylic acids is 4. The smallest absolute Gasteiger partial charge is 0.338 e. The Morgan fingerprint density at radius 2 is 0.875 bits per heavy atom. The van der Waals surface area contributed by atoms with Crippen LogP contribution in [0.4, 0.5) is 0 Å². The first-order valence-corrected chi connectivity index (χ1v) is 19.7. The van der Waals surface area contributed by atoms with Crippen molar-refractivity contribution in [2.24, 2.45) is 0 Å². The molecule has 0 saturated carbocycles. The van der Waals surface area contributed by atoms with E-state index in [4.69, 9.17) is 18.4 Å². The maximum Gasteiger partial charge on any atom is 0.338 e. The number of esters is 3. The molecule has 0 N–H and O–H groups in total. The van der Waals surface area contributed by atoms with Crippen LogP contribution < -0.4 is 0 Å². The molecular weight excluding hydrogens is 729 g/mol. The number of benzene rings is 6. The third-order valence-electron chi connectivity index (χ3n) is 8.70. The van der Waals surface area contributed by atoms with E-state index < -0.39 is 52.6 Å². The molecule has 0 aliphatic heterocycles. The molecule has 0 aromatic heterocycles. The first-order valence-electron chi connectivity index (χ1n) is 17.6. The number of rotatable bonds is 15. The number of aldehydes is 1. The Balaban J connectivity index is 1.26. The van der Waals surface area contributed by atoms with Crippen LogP contribution in [0.1, 0.15) is 31.1 Å². The molecule has 0 aliphatic rings. The van der Waals surface area contributed by atoms with Crippen LogP contribution in [0.2, 0.25) is 0 Å². The maximum atomic E-state index is 13.7. The lowest BCUT2D eigenvalue weighted by Gasteiger charge is -2.30. The molecule has 4 atom stereocenters. The summed E-state index contributed by atoms with van der Waals surface area (Å²) in [5, 5.41) is 0. The molecule has 0 fully saturated rings. The van der Waals surface area contributed by atoms with Crippen LogP contribution >= 0.6 is 0 Å². The molecule has 1 unspecified atom stereocenters. The van der Waals surface area contributed by atoms with Crippen LogP contribution in [-0.2, 0) is 33.0 Å². The standard InChI is InChI=1S/C46H38O9S/c1-56(2,51)55-42(31-52-44(48)38-24-18-35(19-25-38)32-12-6-3-7-13-32)43(54-46(50)40-28-22-37(23-29-40)34-16-10-5-11-17-34)41(30-47)53-45(49)39-26-20-36(21-27-39)33-14-8-4-9-15-33/h3-30,41-43H,1,31H2,2H3/t41-,42+,43-,56?/m1/s1. The van der Waals surface area contributed by atoms with Gasteiger partial charge in [0.2, 0.25) is 0 Å². The SMILES string of the molecule is C=S(C)(=O)O[C@@H](COC(=O)c1ccc(-c2ccccc2)cc1)[C@H](OC(=O)c1ccc(-c2ccccc2)cc1)[C@@H](C=O)OC(=O)c1ccc(-c2ccccc2)cc1. The van der Waals surface area contributed by atoms with E-state index in [0.717, 1.165) is 33.4 Å². The van der Waals surface area contributed by atoms with Gasteiger partial charge >= 0.3 is 17.9 Å². The van der Waals surface area contributed by atoms with Crippen molar-refractivity contribution in [3.8, 4) is 33.4 Å². The molecule has 6 rings (SSSR count). The fourth-order valence-electron chi connectivity index (χ4n) is 5.88. The molecule has 56 heavy (non-hydrogen) atoms. The quantitative estimate of drug-likeness (QED) is 0.0441. The van der Waals surface area contributed by atoms with Gasteiger partial charge in [0.1, 0.15) is 12.7 Å². The Kier molecular flexibility index (Phi) is 12.7. The second kappa shape index (κ2) is 18.1. The van der Waals surface area contributed by atoms with Crippen LogP contribution in [0.3, 0.4) is 0 Å². The van der Waals surface area contributed by atoms with E-state index in [1.165, 1.54) is 30.5 Å². The third-order valence-corrected chi connectivity index (χ3v) is 9.35. The molecule has 0 saturated heterocycles. The molecule has 10 heteroatoms. The number of hydrogen-bond donors (Lipinski definition) is 0. The summed E-state index contributed by atoms with van der Waals surface area (Å²) in [6, 6.07) is 48.4. The molecule has 9 nitrogen and oxygen atoms in total. The number of carbonyl (C=O) groups is 4. The Bertz CT molecular complexity index is 2360. The van der Waals surface area contributed by atoms with E-state index in [-0.39, 0.29) is 23.0 Å². The monoisotopic (exact) mass is 766 g/mol. The van der Waals surface area contributed by atoms with Gasteiger partial charge in [-0.1, -0.05) is 127 Å². The highest BCUT2D eigenvalue weighted by Gasteiger charge is 2.39. The Labute approximate surface area is 325 Å². The molecule has 0 spiro atoms. The minimum absolute atomic E-state index is 0.100. The van der Waals surface area contributed by atoms with E-state index in [1.54, 1.807) is 48.5 Å². The second-order valence-corrected chi connectivity index (χ2v) is 14.9. The molecule has 0 bridgehead atoms. The van der Waals surface area contributed by atoms with Crippen LogP contribution in [0.25, 0.3) is 33.4 Å². The van der Waals surface area contributed by atoms with Crippen molar-refractivity contribution in [3.63, 3.8) is 0 Å². The van der Waals surface area contributed by atoms with E-state index in [9.17, 15) is 23.4 Å². The van der Waals surface area contributed by atoms with Gasteiger partial charge in [-0.15, -0.1) is 0 Å². The zero-order valence-electron chi connectivity index (χ0n) is 30.4. The first kappa shape index (κ1) is 39.1. The van der Waals surface area contributed by atoms with Gasteiger partial charge in [0.25, 0.3) is 0 Å². The average molecular weight is 767 g/mol. The zero-order chi connectivity index (χ0) is 39.5. The molecule has 282 valence electrons. The van der Waals surface area contributed by atoms with Crippen molar-refractivity contribution >= 4 is 39.9 Å². The van der Waals surface area contributed by atoms with Crippen molar-refractivity contribution in [2.75, 3.05) is 12.9 Å². The van der Waals surface area contributed by atoms with Gasteiger partial charge < -0.3 is 14.2 Å². The Hall–Kier alpha value is -6.62. The second-order valence-electron chi connectivity index (χ2n) is 12.9. The zero-order valence-corrected chi connectivity index (χ0v) is 31.2. The minimum atomic E-state index is -3.35. The molecule has 0 aliphatic carbocycles. The van der Waals surface area contributed by atoms with Gasteiger partial charge in [-0.2, -0.15) is 0 Å². The summed E-state index contributed by atoms with van der Waals surface area (Å²) >= 11 is 0.